The van der Waals surface area contributed by atoms with Gasteiger partial charge in [0.2, 0.25) is 0 Å². The van der Waals surface area contributed by atoms with E-state index < -0.39 is 0 Å². The fourth-order valence-corrected chi connectivity index (χ4v) is 2.62. The lowest BCUT2D eigenvalue weighted by molar-refractivity contribution is 0.0988. The van der Waals surface area contributed by atoms with Crippen LogP contribution < -0.4 is 4.90 Å². The Labute approximate surface area is 112 Å². The number of furan rings is 1. The summed E-state index contributed by atoms with van der Waals surface area (Å²) in [7, 11) is 2.12. The zero-order chi connectivity index (χ0) is 13.4. The van der Waals surface area contributed by atoms with Crippen LogP contribution in [0.5, 0.6) is 0 Å². The maximum absolute atomic E-state index is 11.3. The monoisotopic (exact) mass is 255 g/mol. The van der Waals surface area contributed by atoms with Crippen molar-refractivity contribution in [1.82, 2.24) is 0 Å². The van der Waals surface area contributed by atoms with E-state index in [-0.39, 0.29) is 5.78 Å². The zero-order valence-corrected chi connectivity index (χ0v) is 11.3. The van der Waals surface area contributed by atoms with Crippen molar-refractivity contribution >= 4 is 11.5 Å². The number of nitrogens with zero attached hydrogens (tertiary/aromatic N) is 1. The lowest BCUT2D eigenvalue weighted by Crippen LogP contribution is -2.24. The van der Waals surface area contributed by atoms with Crippen molar-refractivity contribution in [2.45, 2.75) is 19.8 Å². The number of carbonyl (C=O) groups is 1. The molecule has 2 aromatic rings. The number of benzene rings is 1. The van der Waals surface area contributed by atoms with Crippen molar-refractivity contribution in [2.24, 2.45) is 0 Å². The van der Waals surface area contributed by atoms with Crippen LogP contribution in [0.2, 0.25) is 0 Å². The summed E-state index contributed by atoms with van der Waals surface area (Å²) in [4.78, 5) is 13.5. The highest BCUT2D eigenvalue weighted by molar-refractivity contribution is 5.91. The van der Waals surface area contributed by atoms with Crippen LogP contribution >= 0.6 is 0 Å². The summed E-state index contributed by atoms with van der Waals surface area (Å²) >= 11 is 0. The first kappa shape index (κ1) is 12.0. The first-order valence-electron chi connectivity index (χ1n) is 6.60. The quantitative estimate of drug-likeness (QED) is 0.770. The van der Waals surface area contributed by atoms with Crippen LogP contribution in [0.1, 0.15) is 29.5 Å². The second-order valence-corrected chi connectivity index (χ2v) is 5.09. The number of aryl methyl sites for hydroxylation is 1. The molecule has 0 saturated heterocycles. The van der Waals surface area contributed by atoms with Gasteiger partial charge in [0.25, 0.3) is 0 Å². The maximum Gasteiger partial charge on any atom is 0.194 e. The van der Waals surface area contributed by atoms with E-state index in [1.807, 2.05) is 6.07 Å². The zero-order valence-electron chi connectivity index (χ0n) is 11.3. The lowest BCUT2D eigenvalue weighted by Gasteiger charge is -2.27. The predicted octanol–water partition coefficient (Wildman–Crippen LogP) is 3.53. The largest absolute Gasteiger partial charge is 0.453 e. The molecule has 0 spiro atoms. The third-order valence-electron chi connectivity index (χ3n) is 3.67. The minimum absolute atomic E-state index is 0.0380. The molecule has 0 bridgehead atoms. The average Bonchev–Trinajstić information content (AvgIpc) is 2.88. The van der Waals surface area contributed by atoms with Crippen molar-refractivity contribution in [1.29, 1.82) is 0 Å². The molecule has 1 aromatic carbocycles. The molecule has 98 valence electrons. The topological polar surface area (TPSA) is 33.5 Å². The summed E-state index contributed by atoms with van der Waals surface area (Å²) in [5.74, 6) is 1.15. The Morgan fingerprint density at radius 2 is 2.11 bits per heavy atom. The van der Waals surface area contributed by atoms with E-state index >= 15 is 0 Å². The Morgan fingerprint density at radius 1 is 1.26 bits per heavy atom. The van der Waals surface area contributed by atoms with Gasteiger partial charge in [-0.2, -0.15) is 0 Å². The number of hydrogen-bond acceptors (Lipinski definition) is 3. The van der Waals surface area contributed by atoms with Crippen LogP contribution in [0.25, 0.3) is 11.3 Å². The first-order chi connectivity index (χ1) is 9.15. The normalized spacial score (nSPS) is 14.3. The molecule has 0 unspecified atom stereocenters. The summed E-state index contributed by atoms with van der Waals surface area (Å²) in [6.07, 6.45) is 2.29. The Bertz CT molecular complexity index is 627. The van der Waals surface area contributed by atoms with E-state index in [2.05, 4.69) is 30.1 Å². The van der Waals surface area contributed by atoms with Crippen LogP contribution in [0, 0.1) is 0 Å². The molecule has 0 amide bonds. The fraction of sp³-hybridized carbons (Fsp3) is 0.312. The molecule has 0 N–H and O–H groups in total. The number of ketones is 1. The lowest BCUT2D eigenvalue weighted by atomic mass is 9.99. The Morgan fingerprint density at radius 3 is 2.84 bits per heavy atom. The average molecular weight is 255 g/mol. The minimum atomic E-state index is -0.0380. The second kappa shape index (κ2) is 4.57. The smallest absolute Gasteiger partial charge is 0.194 e. The molecular weight excluding hydrogens is 238 g/mol. The molecule has 0 atom stereocenters. The SMILES string of the molecule is CC(=O)c1ccc(-c2ccc3c(c2)CCCN3C)o1. The summed E-state index contributed by atoms with van der Waals surface area (Å²) < 4.78 is 5.59. The Balaban J connectivity index is 1.99. The molecule has 3 heteroatoms. The van der Waals surface area contributed by atoms with Crippen molar-refractivity contribution in [2.75, 3.05) is 18.5 Å². The molecule has 0 aliphatic carbocycles. The first-order valence-corrected chi connectivity index (χ1v) is 6.60. The predicted molar refractivity (Wildman–Crippen MR) is 75.7 cm³/mol. The molecular formula is C16H17NO2. The summed E-state index contributed by atoms with van der Waals surface area (Å²) in [6, 6.07) is 9.98. The standard InChI is InChI=1S/C16H17NO2/c1-11(18)15-7-8-16(19-15)13-5-6-14-12(10-13)4-3-9-17(14)2/h5-8,10H,3-4,9H2,1-2H3. The van der Waals surface area contributed by atoms with Gasteiger partial charge in [0.15, 0.2) is 11.5 Å². The van der Waals surface area contributed by atoms with Crippen molar-refractivity contribution in [3.63, 3.8) is 0 Å². The molecule has 3 nitrogen and oxygen atoms in total. The van der Waals surface area contributed by atoms with Gasteiger partial charge in [-0.1, -0.05) is 0 Å². The highest BCUT2D eigenvalue weighted by Crippen LogP contribution is 2.31. The van der Waals surface area contributed by atoms with Gasteiger partial charge < -0.3 is 9.32 Å². The van der Waals surface area contributed by atoms with Gasteiger partial charge in [0.05, 0.1) is 0 Å². The number of carbonyl (C=O) groups excluding carboxylic acids is 1. The number of anilines is 1. The molecule has 1 aliphatic heterocycles. The van der Waals surface area contributed by atoms with E-state index in [1.165, 1.54) is 24.6 Å². The van der Waals surface area contributed by atoms with Crippen LogP contribution in [0.4, 0.5) is 5.69 Å². The van der Waals surface area contributed by atoms with E-state index in [1.54, 1.807) is 6.07 Å². The molecule has 1 aliphatic rings. The summed E-state index contributed by atoms with van der Waals surface area (Å²) in [5.41, 5.74) is 3.70. The van der Waals surface area contributed by atoms with Gasteiger partial charge in [-0.25, -0.2) is 0 Å². The molecule has 19 heavy (non-hydrogen) atoms. The van der Waals surface area contributed by atoms with Gasteiger partial charge in [-0.3, -0.25) is 4.79 Å². The van der Waals surface area contributed by atoms with Crippen LogP contribution in [0.15, 0.2) is 34.7 Å². The molecule has 2 heterocycles. The second-order valence-electron chi connectivity index (χ2n) is 5.09. The molecule has 0 saturated carbocycles. The molecule has 0 fully saturated rings. The van der Waals surface area contributed by atoms with Crippen LogP contribution in [-0.4, -0.2) is 19.4 Å². The molecule has 3 rings (SSSR count). The van der Waals surface area contributed by atoms with Gasteiger partial charge in [0, 0.05) is 31.8 Å². The van der Waals surface area contributed by atoms with E-state index in [0.29, 0.717) is 5.76 Å². The minimum Gasteiger partial charge on any atom is -0.453 e. The van der Waals surface area contributed by atoms with Gasteiger partial charge >= 0.3 is 0 Å². The van der Waals surface area contributed by atoms with Crippen LogP contribution in [0.3, 0.4) is 0 Å². The van der Waals surface area contributed by atoms with E-state index in [0.717, 1.165) is 24.3 Å². The van der Waals surface area contributed by atoms with Gasteiger partial charge in [-0.05, 0) is 48.7 Å². The van der Waals surface area contributed by atoms with Crippen molar-refractivity contribution in [3.05, 3.63) is 41.7 Å². The van der Waals surface area contributed by atoms with E-state index in [9.17, 15) is 4.79 Å². The number of Topliss-reactive ketones (excluding diaryl/α,β-unsaturated/α-hetero) is 1. The van der Waals surface area contributed by atoms with Gasteiger partial charge in [0.1, 0.15) is 5.76 Å². The third kappa shape index (κ3) is 2.16. The third-order valence-corrected chi connectivity index (χ3v) is 3.67. The number of hydrogen-bond donors (Lipinski definition) is 0. The van der Waals surface area contributed by atoms with Crippen molar-refractivity contribution < 1.29 is 9.21 Å². The molecule has 0 radical (unpaired) electrons. The van der Waals surface area contributed by atoms with Crippen LogP contribution in [-0.2, 0) is 6.42 Å². The Hall–Kier alpha value is -2.03. The molecule has 1 aromatic heterocycles. The highest BCUT2D eigenvalue weighted by atomic mass is 16.3. The summed E-state index contributed by atoms with van der Waals surface area (Å²) in [5, 5.41) is 0. The highest BCUT2D eigenvalue weighted by Gasteiger charge is 2.15. The number of rotatable bonds is 2. The summed E-state index contributed by atoms with van der Waals surface area (Å²) in [6.45, 7) is 2.63. The van der Waals surface area contributed by atoms with E-state index in [4.69, 9.17) is 4.42 Å². The fourth-order valence-electron chi connectivity index (χ4n) is 2.62. The van der Waals surface area contributed by atoms with Crippen molar-refractivity contribution in [3.8, 4) is 11.3 Å². The van der Waals surface area contributed by atoms with Gasteiger partial charge in [-0.15, -0.1) is 0 Å². The Kier molecular flexibility index (Phi) is 2.90. The number of fused-ring (bicyclic) bond motifs is 1. The maximum atomic E-state index is 11.3.